The van der Waals surface area contributed by atoms with E-state index in [0.29, 0.717) is 36.7 Å². The van der Waals surface area contributed by atoms with Crippen LogP contribution in [0, 0.1) is 35.4 Å². The Kier molecular flexibility index (Phi) is 8.12. The van der Waals surface area contributed by atoms with Gasteiger partial charge in [-0.1, -0.05) is 38.7 Å². The van der Waals surface area contributed by atoms with Crippen LogP contribution in [0.5, 0.6) is 5.75 Å². The molecule has 2 aliphatic carbocycles. The van der Waals surface area contributed by atoms with Gasteiger partial charge in [0.2, 0.25) is 0 Å². The Morgan fingerprint density at radius 2 is 1.84 bits per heavy atom. The van der Waals surface area contributed by atoms with Crippen LogP contribution in [0.4, 0.5) is 4.39 Å². The van der Waals surface area contributed by atoms with E-state index < -0.39 is 0 Å². The fourth-order valence-corrected chi connectivity index (χ4v) is 7.06. The third-order valence-electron chi connectivity index (χ3n) is 8.60. The first-order valence-electron chi connectivity index (χ1n) is 13.2. The maximum absolute atomic E-state index is 15.0. The van der Waals surface area contributed by atoms with E-state index in [4.69, 9.17) is 9.47 Å². The maximum Gasteiger partial charge on any atom is 0.309 e. The molecule has 0 bridgehead atoms. The molecule has 1 saturated heterocycles. The maximum atomic E-state index is 15.0. The van der Waals surface area contributed by atoms with Crippen molar-refractivity contribution in [3.63, 3.8) is 0 Å². The molecule has 3 fully saturated rings. The van der Waals surface area contributed by atoms with Crippen molar-refractivity contribution in [1.29, 1.82) is 0 Å². The molecule has 0 radical (unpaired) electrons. The number of rotatable bonds is 7. The van der Waals surface area contributed by atoms with Gasteiger partial charge in [0.15, 0.2) is 0 Å². The first-order chi connectivity index (χ1) is 15.6. The second-order valence-electron chi connectivity index (χ2n) is 10.4. The number of hydrogen-bond donors (Lipinski definition) is 0. The minimum absolute atomic E-state index is 0.00117. The van der Waals surface area contributed by atoms with Crippen molar-refractivity contribution in [2.24, 2.45) is 29.6 Å². The largest absolute Gasteiger partial charge is 0.494 e. The minimum Gasteiger partial charge on any atom is -0.494 e. The van der Waals surface area contributed by atoms with Gasteiger partial charge in [-0.05, 0) is 93.1 Å². The van der Waals surface area contributed by atoms with Gasteiger partial charge in [0.25, 0.3) is 0 Å². The molecule has 4 unspecified atom stereocenters. The number of benzene rings is 1. The Labute approximate surface area is 193 Å². The quantitative estimate of drug-likeness (QED) is 0.414. The van der Waals surface area contributed by atoms with E-state index in [1.54, 1.807) is 0 Å². The Hall–Kier alpha value is -1.58. The average molecular weight is 445 g/mol. The topological polar surface area (TPSA) is 35.5 Å². The van der Waals surface area contributed by atoms with E-state index in [0.717, 1.165) is 43.6 Å². The summed E-state index contributed by atoms with van der Waals surface area (Å²) in [5.41, 5.74) is 0.799. The molecular formula is C28H41FO3. The van der Waals surface area contributed by atoms with Crippen LogP contribution < -0.4 is 4.74 Å². The molecule has 4 atom stereocenters. The van der Waals surface area contributed by atoms with Crippen LogP contribution in [0.3, 0.4) is 0 Å². The highest BCUT2D eigenvalue weighted by Crippen LogP contribution is 2.51. The van der Waals surface area contributed by atoms with Gasteiger partial charge >= 0.3 is 5.97 Å². The molecule has 3 nitrogen and oxygen atoms in total. The van der Waals surface area contributed by atoms with Crippen LogP contribution in [0.2, 0.25) is 0 Å². The monoisotopic (exact) mass is 444 g/mol. The zero-order chi connectivity index (χ0) is 22.5. The molecule has 0 N–H and O–H groups in total. The van der Waals surface area contributed by atoms with Crippen molar-refractivity contribution in [2.75, 3.05) is 13.2 Å². The number of cyclic esters (lactones) is 1. The van der Waals surface area contributed by atoms with Crippen LogP contribution in [0.25, 0.3) is 0 Å². The molecule has 0 spiro atoms. The normalized spacial score (nSPS) is 33.5. The van der Waals surface area contributed by atoms with Crippen molar-refractivity contribution >= 4 is 5.97 Å². The molecule has 4 rings (SSSR count). The van der Waals surface area contributed by atoms with Crippen molar-refractivity contribution in [2.45, 2.75) is 90.4 Å². The van der Waals surface area contributed by atoms with Crippen LogP contribution in [-0.2, 0) is 9.53 Å². The second-order valence-corrected chi connectivity index (χ2v) is 10.4. The lowest BCUT2D eigenvalue weighted by Crippen LogP contribution is -2.41. The summed E-state index contributed by atoms with van der Waals surface area (Å²) in [6, 6.07) is 5.34. The lowest BCUT2D eigenvalue weighted by molar-refractivity contribution is -0.158. The Morgan fingerprint density at radius 1 is 1.03 bits per heavy atom. The average Bonchev–Trinajstić information content (AvgIpc) is 2.80. The second kappa shape index (κ2) is 11.0. The van der Waals surface area contributed by atoms with Gasteiger partial charge in [-0.2, -0.15) is 0 Å². The van der Waals surface area contributed by atoms with Crippen LogP contribution in [-0.4, -0.2) is 19.2 Å². The molecule has 0 aromatic heterocycles. The summed E-state index contributed by atoms with van der Waals surface area (Å²) < 4.78 is 26.0. The van der Waals surface area contributed by atoms with Crippen molar-refractivity contribution in [3.8, 4) is 5.75 Å². The van der Waals surface area contributed by atoms with Gasteiger partial charge in [-0.3, -0.25) is 4.79 Å². The molecule has 3 aliphatic rings. The van der Waals surface area contributed by atoms with E-state index in [1.807, 2.05) is 19.1 Å². The number of carbonyl (C=O) groups is 1. The summed E-state index contributed by atoms with van der Waals surface area (Å²) in [5.74, 6) is 3.11. The molecule has 0 amide bonds. The highest BCUT2D eigenvalue weighted by Gasteiger charge is 2.44. The first-order valence-corrected chi connectivity index (χ1v) is 13.2. The smallest absolute Gasteiger partial charge is 0.309 e. The molecule has 4 heteroatoms. The zero-order valence-electron chi connectivity index (χ0n) is 20.0. The molecular weight excluding hydrogens is 403 g/mol. The number of halogens is 1. The predicted molar refractivity (Wildman–Crippen MR) is 125 cm³/mol. The minimum atomic E-state index is -0.163. The summed E-state index contributed by atoms with van der Waals surface area (Å²) in [6.45, 7) is 5.30. The van der Waals surface area contributed by atoms with E-state index in [9.17, 15) is 9.18 Å². The standard InChI is InChI=1S/C28H41FO3/c1-3-6-19-8-10-20(11-9-19)23-14-12-21(17-26(23)25-7-5-16-32-28(25)30)24-15-13-22(31-4-2)18-27(24)29/h13,15,18-21,23,25-26H,3-12,14,16-17H2,1-2H3. The number of ether oxygens (including phenoxy) is 2. The van der Waals surface area contributed by atoms with Gasteiger partial charge in [-0.25, -0.2) is 4.39 Å². The van der Waals surface area contributed by atoms with Gasteiger partial charge in [0.1, 0.15) is 11.6 Å². The van der Waals surface area contributed by atoms with E-state index in [-0.39, 0.29) is 23.6 Å². The van der Waals surface area contributed by atoms with E-state index >= 15 is 0 Å². The zero-order valence-corrected chi connectivity index (χ0v) is 20.0. The third kappa shape index (κ3) is 5.31. The van der Waals surface area contributed by atoms with Crippen molar-refractivity contribution < 1.29 is 18.7 Å². The van der Waals surface area contributed by atoms with Gasteiger partial charge in [-0.15, -0.1) is 0 Å². The Balaban J connectivity index is 1.51. The van der Waals surface area contributed by atoms with Gasteiger partial charge < -0.3 is 9.47 Å². The van der Waals surface area contributed by atoms with Gasteiger partial charge in [0, 0.05) is 6.07 Å². The SMILES string of the molecule is CCCC1CCC(C2CCC(c3ccc(OCC)cc3F)CC2C2CCCOC2=O)CC1. The fourth-order valence-electron chi connectivity index (χ4n) is 7.06. The van der Waals surface area contributed by atoms with E-state index in [1.165, 1.54) is 44.6 Å². The highest BCUT2D eigenvalue weighted by molar-refractivity contribution is 5.73. The fraction of sp³-hybridized carbons (Fsp3) is 0.750. The Bertz CT molecular complexity index is 755. The first kappa shape index (κ1) is 23.6. The predicted octanol–water partition coefficient (Wildman–Crippen LogP) is 7.28. The molecule has 32 heavy (non-hydrogen) atoms. The van der Waals surface area contributed by atoms with Crippen LogP contribution in [0.15, 0.2) is 18.2 Å². The summed E-state index contributed by atoms with van der Waals surface area (Å²) in [4.78, 5) is 12.8. The highest BCUT2D eigenvalue weighted by atomic mass is 19.1. The summed E-state index contributed by atoms with van der Waals surface area (Å²) in [6.07, 6.45) is 12.9. The molecule has 1 aromatic rings. The summed E-state index contributed by atoms with van der Waals surface area (Å²) in [5, 5.41) is 0. The van der Waals surface area contributed by atoms with Crippen LogP contribution >= 0.6 is 0 Å². The number of hydrogen-bond acceptors (Lipinski definition) is 3. The molecule has 1 aliphatic heterocycles. The van der Waals surface area contributed by atoms with Crippen molar-refractivity contribution in [3.05, 3.63) is 29.6 Å². The number of carbonyl (C=O) groups excluding carboxylic acids is 1. The lowest BCUT2D eigenvalue weighted by Gasteiger charge is -2.46. The summed E-state index contributed by atoms with van der Waals surface area (Å²) in [7, 11) is 0. The number of esters is 1. The Morgan fingerprint density at radius 3 is 2.53 bits per heavy atom. The summed E-state index contributed by atoms with van der Waals surface area (Å²) >= 11 is 0. The molecule has 2 saturated carbocycles. The van der Waals surface area contributed by atoms with E-state index in [2.05, 4.69) is 6.92 Å². The third-order valence-corrected chi connectivity index (χ3v) is 8.60. The molecule has 1 heterocycles. The lowest BCUT2D eigenvalue weighted by atomic mass is 9.59. The van der Waals surface area contributed by atoms with Crippen molar-refractivity contribution in [1.82, 2.24) is 0 Å². The van der Waals surface area contributed by atoms with Gasteiger partial charge in [0.05, 0.1) is 19.1 Å². The molecule has 1 aromatic carbocycles. The van der Waals surface area contributed by atoms with Crippen LogP contribution in [0.1, 0.15) is 96.0 Å². The molecule has 178 valence electrons.